The molecule has 0 aliphatic heterocycles. The van der Waals surface area contributed by atoms with Crippen LogP contribution in [0, 0.1) is 11.3 Å². The fourth-order valence-corrected chi connectivity index (χ4v) is 2.61. The molecule has 0 saturated heterocycles. The molecule has 1 saturated carbocycles. The first kappa shape index (κ1) is 14.1. The van der Waals surface area contributed by atoms with Gasteiger partial charge in [-0.05, 0) is 37.1 Å². The molecule has 0 bridgehead atoms. The van der Waals surface area contributed by atoms with Gasteiger partial charge in [-0.2, -0.15) is 5.26 Å². The van der Waals surface area contributed by atoms with Crippen LogP contribution in [0.4, 0.5) is 0 Å². The van der Waals surface area contributed by atoms with Crippen LogP contribution in [0.15, 0.2) is 24.3 Å². The van der Waals surface area contributed by atoms with Crippen molar-refractivity contribution in [1.82, 2.24) is 10.6 Å². The number of rotatable bonds is 3. The van der Waals surface area contributed by atoms with Gasteiger partial charge in [0.05, 0.1) is 11.6 Å². The lowest BCUT2D eigenvalue weighted by Crippen LogP contribution is -2.56. The molecule has 0 heterocycles. The largest absolute Gasteiger partial charge is 0.357 e. The van der Waals surface area contributed by atoms with E-state index < -0.39 is 5.54 Å². The van der Waals surface area contributed by atoms with E-state index >= 15 is 0 Å². The molecule has 20 heavy (non-hydrogen) atoms. The molecule has 104 valence electrons. The molecule has 1 aromatic rings. The first-order valence-corrected chi connectivity index (χ1v) is 6.66. The van der Waals surface area contributed by atoms with Crippen LogP contribution < -0.4 is 10.6 Å². The average Bonchev–Trinajstić information content (AvgIpc) is 2.96. The number of nitrogens with zero attached hydrogens (tertiary/aromatic N) is 1. The number of benzene rings is 1. The summed E-state index contributed by atoms with van der Waals surface area (Å²) in [7, 11) is 1.58. The van der Waals surface area contributed by atoms with Crippen molar-refractivity contribution in [2.45, 2.75) is 31.2 Å². The highest BCUT2D eigenvalue weighted by Crippen LogP contribution is 2.30. The number of carbonyl (C=O) groups is 2. The van der Waals surface area contributed by atoms with Gasteiger partial charge in [0.2, 0.25) is 5.91 Å². The third kappa shape index (κ3) is 2.64. The molecule has 0 aromatic heterocycles. The summed E-state index contributed by atoms with van der Waals surface area (Å²) < 4.78 is 0. The number of hydrogen-bond acceptors (Lipinski definition) is 3. The minimum absolute atomic E-state index is 0.142. The second-order valence-electron chi connectivity index (χ2n) is 5.01. The summed E-state index contributed by atoms with van der Waals surface area (Å²) in [6.45, 7) is 0. The van der Waals surface area contributed by atoms with Crippen molar-refractivity contribution in [1.29, 1.82) is 5.26 Å². The molecule has 0 radical (unpaired) electrons. The van der Waals surface area contributed by atoms with Gasteiger partial charge >= 0.3 is 0 Å². The summed E-state index contributed by atoms with van der Waals surface area (Å²) in [6, 6.07) is 8.39. The maximum atomic E-state index is 12.3. The predicted octanol–water partition coefficient (Wildman–Crippen LogP) is 1.35. The summed E-state index contributed by atoms with van der Waals surface area (Å²) in [5, 5.41) is 14.2. The summed E-state index contributed by atoms with van der Waals surface area (Å²) in [6.07, 6.45) is 3.19. The maximum absolute atomic E-state index is 12.3. The number of nitrogens with one attached hydrogen (secondary N) is 2. The maximum Gasteiger partial charge on any atom is 0.252 e. The second-order valence-corrected chi connectivity index (χ2v) is 5.01. The van der Waals surface area contributed by atoms with Crippen molar-refractivity contribution in [2.24, 2.45) is 0 Å². The molecule has 2 rings (SSSR count). The molecule has 2 N–H and O–H groups in total. The summed E-state index contributed by atoms with van der Waals surface area (Å²) in [5.41, 5.74) is 0.169. The van der Waals surface area contributed by atoms with Crippen LogP contribution in [0.25, 0.3) is 0 Å². The lowest BCUT2D eigenvalue weighted by molar-refractivity contribution is -0.126. The number of likely N-dealkylation sites (N-methyl/N-ethyl adjacent to an activating group) is 1. The number of hydrogen-bond donors (Lipinski definition) is 2. The normalized spacial score (nSPS) is 16.2. The van der Waals surface area contributed by atoms with E-state index in [-0.39, 0.29) is 11.8 Å². The SMILES string of the molecule is CNC(=O)C1(NC(=O)c2ccc(C#N)cc2)CCCC1. The molecule has 1 aromatic carbocycles. The van der Waals surface area contributed by atoms with Gasteiger partial charge < -0.3 is 10.6 Å². The number of nitriles is 1. The van der Waals surface area contributed by atoms with Crippen LogP contribution in [0.5, 0.6) is 0 Å². The van der Waals surface area contributed by atoms with Crippen LogP contribution in [0.1, 0.15) is 41.6 Å². The van der Waals surface area contributed by atoms with Crippen molar-refractivity contribution in [3.63, 3.8) is 0 Å². The monoisotopic (exact) mass is 271 g/mol. The molecule has 5 nitrogen and oxygen atoms in total. The van der Waals surface area contributed by atoms with Gasteiger partial charge in [-0.3, -0.25) is 9.59 Å². The summed E-state index contributed by atoms with van der Waals surface area (Å²) in [5.74, 6) is -0.419. The van der Waals surface area contributed by atoms with Crippen molar-refractivity contribution in [3.05, 3.63) is 35.4 Å². The fraction of sp³-hybridized carbons (Fsp3) is 0.400. The van der Waals surface area contributed by atoms with Crippen LogP contribution in [-0.4, -0.2) is 24.4 Å². The van der Waals surface area contributed by atoms with E-state index in [1.165, 1.54) is 0 Å². The van der Waals surface area contributed by atoms with Crippen LogP contribution in [0.3, 0.4) is 0 Å². The third-order valence-corrected chi connectivity index (χ3v) is 3.75. The van der Waals surface area contributed by atoms with Crippen LogP contribution >= 0.6 is 0 Å². The topological polar surface area (TPSA) is 82.0 Å². The predicted molar refractivity (Wildman–Crippen MR) is 73.9 cm³/mol. The Bertz CT molecular complexity index is 551. The van der Waals surface area contributed by atoms with E-state index in [4.69, 9.17) is 5.26 Å². The lowest BCUT2D eigenvalue weighted by Gasteiger charge is -2.28. The molecule has 1 aliphatic rings. The van der Waals surface area contributed by atoms with Gasteiger partial charge in [0.15, 0.2) is 0 Å². The molecular formula is C15H17N3O2. The lowest BCUT2D eigenvalue weighted by atomic mass is 9.95. The Labute approximate surface area is 118 Å². The van der Waals surface area contributed by atoms with Crippen LogP contribution in [-0.2, 0) is 4.79 Å². The quantitative estimate of drug-likeness (QED) is 0.870. The van der Waals surface area contributed by atoms with Crippen molar-refractivity contribution >= 4 is 11.8 Å². The fourth-order valence-electron chi connectivity index (χ4n) is 2.61. The van der Waals surface area contributed by atoms with Crippen molar-refractivity contribution in [3.8, 4) is 6.07 Å². The van der Waals surface area contributed by atoms with Crippen LogP contribution in [0.2, 0.25) is 0 Å². The zero-order chi connectivity index (χ0) is 14.6. The van der Waals surface area contributed by atoms with E-state index in [9.17, 15) is 9.59 Å². The minimum atomic E-state index is -0.792. The Morgan fingerprint density at radius 3 is 2.30 bits per heavy atom. The zero-order valence-electron chi connectivity index (χ0n) is 11.4. The van der Waals surface area contributed by atoms with Crippen molar-refractivity contribution < 1.29 is 9.59 Å². The Kier molecular flexibility index (Phi) is 4.04. The van der Waals surface area contributed by atoms with E-state index in [0.717, 1.165) is 12.8 Å². The standard InChI is InChI=1S/C15H17N3O2/c1-17-14(20)15(8-2-3-9-15)18-13(19)12-6-4-11(10-16)5-7-12/h4-7H,2-3,8-9H2,1H3,(H,17,20)(H,18,19). The van der Waals surface area contributed by atoms with E-state index in [0.29, 0.717) is 24.0 Å². The average molecular weight is 271 g/mol. The first-order chi connectivity index (χ1) is 9.61. The number of carbonyl (C=O) groups excluding carboxylic acids is 2. The molecule has 0 unspecified atom stereocenters. The van der Waals surface area contributed by atoms with E-state index in [2.05, 4.69) is 10.6 Å². The molecule has 0 spiro atoms. The molecule has 0 atom stereocenters. The second kappa shape index (κ2) is 5.74. The van der Waals surface area contributed by atoms with Gasteiger partial charge in [-0.1, -0.05) is 12.8 Å². The first-order valence-electron chi connectivity index (χ1n) is 6.66. The smallest absolute Gasteiger partial charge is 0.252 e. The highest BCUT2D eigenvalue weighted by atomic mass is 16.2. The Morgan fingerprint density at radius 1 is 1.20 bits per heavy atom. The number of amides is 2. The molecule has 1 aliphatic carbocycles. The molecule has 2 amide bonds. The van der Waals surface area contributed by atoms with Gasteiger partial charge in [-0.15, -0.1) is 0 Å². The molecular weight excluding hydrogens is 254 g/mol. The van der Waals surface area contributed by atoms with E-state index in [1.54, 1.807) is 31.3 Å². The highest BCUT2D eigenvalue weighted by Gasteiger charge is 2.41. The third-order valence-electron chi connectivity index (χ3n) is 3.75. The highest BCUT2D eigenvalue weighted by molar-refractivity contribution is 5.99. The molecule has 5 heteroatoms. The Balaban J connectivity index is 2.16. The van der Waals surface area contributed by atoms with E-state index in [1.807, 2.05) is 6.07 Å². The van der Waals surface area contributed by atoms with Gasteiger partial charge in [0.25, 0.3) is 5.91 Å². The summed E-state index contributed by atoms with van der Waals surface area (Å²) >= 11 is 0. The summed E-state index contributed by atoms with van der Waals surface area (Å²) in [4.78, 5) is 24.3. The minimum Gasteiger partial charge on any atom is -0.357 e. The zero-order valence-corrected chi connectivity index (χ0v) is 11.4. The Hall–Kier alpha value is -2.35. The molecule has 1 fully saturated rings. The Morgan fingerprint density at radius 2 is 1.80 bits per heavy atom. The van der Waals surface area contributed by atoms with Gasteiger partial charge in [-0.25, -0.2) is 0 Å². The van der Waals surface area contributed by atoms with Crippen molar-refractivity contribution in [2.75, 3.05) is 7.05 Å². The van der Waals surface area contributed by atoms with Gasteiger partial charge in [0, 0.05) is 12.6 Å². The van der Waals surface area contributed by atoms with Gasteiger partial charge in [0.1, 0.15) is 5.54 Å².